The number of halogens is 1. The molecule has 0 unspecified atom stereocenters. The predicted octanol–water partition coefficient (Wildman–Crippen LogP) is 6.34. The topological polar surface area (TPSA) is 64.1 Å². The molecule has 164 valence electrons. The van der Waals surface area contributed by atoms with E-state index in [1.165, 1.54) is 5.56 Å². The zero-order valence-electron chi connectivity index (χ0n) is 18.3. The smallest absolute Gasteiger partial charge is 0.293 e. The highest BCUT2D eigenvalue weighted by molar-refractivity contribution is 6.30. The quantitative estimate of drug-likeness (QED) is 0.344. The van der Waals surface area contributed by atoms with Crippen LogP contribution in [0.5, 0.6) is 5.75 Å². The van der Waals surface area contributed by atoms with Gasteiger partial charge in [0.2, 0.25) is 5.82 Å². The number of nitrogens with one attached hydrogen (secondary N) is 1. The van der Waals surface area contributed by atoms with Crippen LogP contribution in [0.1, 0.15) is 35.9 Å². The highest BCUT2D eigenvalue weighted by atomic mass is 35.5. The summed E-state index contributed by atoms with van der Waals surface area (Å²) < 4.78 is 5.59. The van der Waals surface area contributed by atoms with Crippen LogP contribution in [0.3, 0.4) is 0 Å². The van der Waals surface area contributed by atoms with Crippen molar-refractivity contribution in [2.24, 2.45) is 0 Å². The number of amides is 1. The fourth-order valence-electron chi connectivity index (χ4n) is 3.39. The summed E-state index contributed by atoms with van der Waals surface area (Å²) in [5.41, 5.74) is 3.97. The van der Waals surface area contributed by atoms with E-state index in [1.54, 1.807) is 36.4 Å². The van der Waals surface area contributed by atoms with E-state index in [-0.39, 0.29) is 12.4 Å². The first-order chi connectivity index (χ1) is 15.9. The fourth-order valence-corrected chi connectivity index (χ4v) is 3.52. The Balaban J connectivity index is 1.79. The molecule has 1 aromatic heterocycles. The normalized spacial score (nSPS) is 10.8. The van der Waals surface area contributed by atoms with Crippen molar-refractivity contribution in [2.75, 3.05) is 11.9 Å². The third-order valence-corrected chi connectivity index (χ3v) is 5.40. The van der Waals surface area contributed by atoms with Crippen LogP contribution in [-0.2, 0) is 0 Å². The number of benzene rings is 3. The number of ether oxygens (including phenoxy) is 1. The maximum Gasteiger partial charge on any atom is 0.293 e. The second kappa shape index (κ2) is 9.72. The van der Waals surface area contributed by atoms with Crippen molar-refractivity contribution < 1.29 is 9.53 Å². The molecule has 6 heteroatoms. The lowest BCUT2D eigenvalue weighted by Crippen LogP contribution is -2.16. The van der Waals surface area contributed by atoms with E-state index in [4.69, 9.17) is 22.8 Å². The van der Waals surface area contributed by atoms with Crippen molar-refractivity contribution >= 4 is 34.1 Å². The molecule has 0 spiro atoms. The van der Waals surface area contributed by atoms with Gasteiger partial charge in [-0.15, -0.1) is 6.42 Å². The van der Waals surface area contributed by atoms with Gasteiger partial charge in [0.15, 0.2) is 0 Å². The van der Waals surface area contributed by atoms with Gasteiger partial charge in [-0.25, -0.2) is 9.97 Å². The van der Waals surface area contributed by atoms with Gasteiger partial charge in [0.1, 0.15) is 12.4 Å². The molecule has 1 heterocycles. The van der Waals surface area contributed by atoms with Gasteiger partial charge in [0.25, 0.3) is 5.91 Å². The summed E-state index contributed by atoms with van der Waals surface area (Å²) in [7, 11) is 0. The van der Waals surface area contributed by atoms with Crippen LogP contribution in [0.25, 0.3) is 22.2 Å². The first-order valence-electron chi connectivity index (χ1n) is 10.5. The predicted molar refractivity (Wildman–Crippen MR) is 133 cm³/mol. The van der Waals surface area contributed by atoms with Gasteiger partial charge < -0.3 is 10.1 Å². The molecule has 0 fully saturated rings. The Morgan fingerprint density at radius 2 is 1.79 bits per heavy atom. The molecule has 0 saturated carbocycles. The Hall–Kier alpha value is -3.88. The molecule has 0 atom stereocenters. The fraction of sp³-hybridized carbons (Fsp3) is 0.148. The summed E-state index contributed by atoms with van der Waals surface area (Å²) in [5, 5.41) is 4.18. The molecule has 0 aliphatic rings. The number of terminal acetylenes is 1. The number of carbonyl (C=O) groups excluding carboxylic acids is 1. The van der Waals surface area contributed by atoms with Crippen LogP contribution in [0.2, 0.25) is 5.02 Å². The van der Waals surface area contributed by atoms with E-state index in [0.29, 0.717) is 33.6 Å². The molecule has 0 aliphatic carbocycles. The Kier molecular flexibility index (Phi) is 6.58. The second-order valence-electron chi connectivity index (χ2n) is 7.81. The van der Waals surface area contributed by atoms with Crippen molar-refractivity contribution in [1.29, 1.82) is 0 Å². The zero-order valence-corrected chi connectivity index (χ0v) is 19.1. The monoisotopic (exact) mass is 455 g/mol. The summed E-state index contributed by atoms with van der Waals surface area (Å²) >= 11 is 5.94. The minimum Gasteiger partial charge on any atom is -0.481 e. The Morgan fingerprint density at radius 3 is 2.45 bits per heavy atom. The van der Waals surface area contributed by atoms with Gasteiger partial charge in [-0.2, -0.15) is 0 Å². The van der Waals surface area contributed by atoms with Gasteiger partial charge in [-0.05, 0) is 53.9 Å². The number of anilines is 1. The largest absolute Gasteiger partial charge is 0.481 e. The first-order valence-corrected chi connectivity index (χ1v) is 10.9. The van der Waals surface area contributed by atoms with E-state index in [2.05, 4.69) is 47.2 Å². The van der Waals surface area contributed by atoms with Gasteiger partial charge in [-0.3, -0.25) is 4.79 Å². The van der Waals surface area contributed by atoms with Crippen molar-refractivity contribution in [1.82, 2.24) is 9.97 Å². The number of rotatable bonds is 6. The lowest BCUT2D eigenvalue weighted by atomic mass is 9.99. The summed E-state index contributed by atoms with van der Waals surface area (Å²) in [6.07, 6.45) is 5.32. The lowest BCUT2D eigenvalue weighted by molar-refractivity contribution is 0.101. The maximum absolute atomic E-state index is 13.0. The molecular formula is C27H22ClN3O2. The number of aromatic nitrogens is 2. The minimum atomic E-state index is -0.410. The zero-order chi connectivity index (χ0) is 23.4. The third kappa shape index (κ3) is 5.14. The van der Waals surface area contributed by atoms with Gasteiger partial charge >= 0.3 is 0 Å². The summed E-state index contributed by atoms with van der Waals surface area (Å²) in [6.45, 7) is 4.44. The second-order valence-corrected chi connectivity index (χ2v) is 8.24. The number of fused-ring (bicyclic) bond motifs is 1. The van der Waals surface area contributed by atoms with Crippen molar-refractivity contribution in [3.63, 3.8) is 0 Å². The highest BCUT2D eigenvalue weighted by Gasteiger charge is 2.17. The standard InChI is InChI=1S/C27H22ClN3O2/c1-4-15-33-22-13-14-24-23(16-22)25(19-7-5-18(6-8-19)17(2)3)31-26(30-24)27(32)29-21-11-9-20(28)10-12-21/h1,5-14,16-17H,15H2,2-3H3,(H,29,32). The Morgan fingerprint density at radius 1 is 1.06 bits per heavy atom. The van der Waals surface area contributed by atoms with Gasteiger partial charge in [0, 0.05) is 21.7 Å². The molecule has 3 aromatic carbocycles. The van der Waals surface area contributed by atoms with Crippen LogP contribution in [0, 0.1) is 12.3 Å². The third-order valence-electron chi connectivity index (χ3n) is 5.15. The van der Waals surface area contributed by atoms with Crippen LogP contribution in [-0.4, -0.2) is 22.5 Å². The molecule has 0 bridgehead atoms. The van der Waals surface area contributed by atoms with Gasteiger partial charge in [-0.1, -0.05) is 55.6 Å². The van der Waals surface area contributed by atoms with E-state index in [1.807, 2.05) is 18.2 Å². The molecule has 0 saturated heterocycles. The molecule has 0 radical (unpaired) electrons. The SMILES string of the molecule is C#CCOc1ccc2nc(C(=O)Nc3ccc(Cl)cc3)nc(-c3ccc(C(C)C)cc3)c2c1. The van der Waals surface area contributed by atoms with E-state index < -0.39 is 5.91 Å². The Labute approximate surface area is 197 Å². The molecule has 1 amide bonds. The molecule has 0 aliphatic heterocycles. The average molecular weight is 456 g/mol. The van der Waals surface area contributed by atoms with Crippen molar-refractivity contribution in [2.45, 2.75) is 19.8 Å². The van der Waals surface area contributed by atoms with E-state index in [9.17, 15) is 4.79 Å². The number of carbonyl (C=O) groups is 1. The van der Waals surface area contributed by atoms with Crippen LogP contribution in [0.4, 0.5) is 5.69 Å². The summed E-state index contributed by atoms with van der Waals surface area (Å²) in [6, 6.07) is 20.4. The van der Waals surface area contributed by atoms with Crippen molar-refractivity contribution in [3.8, 4) is 29.4 Å². The molecule has 1 N–H and O–H groups in total. The van der Waals surface area contributed by atoms with E-state index in [0.717, 1.165) is 10.9 Å². The van der Waals surface area contributed by atoms with Gasteiger partial charge in [0.05, 0.1) is 11.2 Å². The molecule has 4 aromatic rings. The number of hydrogen-bond acceptors (Lipinski definition) is 4. The van der Waals surface area contributed by atoms with E-state index >= 15 is 0 Å². The highest BCUT2D eigenvalue weighted by Crippen LogP contribution is 2.30. The van der Waals surface area contributed by atoms with Crippen LogP contribution in [0.15, 0.2) is 66.7 Å². The molecule has 33 heavy (non-hydrogen) atoms. The first kappa shape index (κ1) is 22.3. The van der Waals surface area contributed by atoms with Crippen LogP contribution >= 0.6 is 11.6 Å². The van der Waals surface area contributed by atoms with Crippen LogP contribution < -0.4 is 10.1 Å². The Bertz CT molecular complexity index is 1340. The minimum absolute atomic E-state index is 0.0673. The summed E-state index contributed by atoms with van der Waals surface area (Å²) in [5.74, 6) is 3.14. The molecule has 4 rings (SSSR count). The lowest BCUT2D eigenvalue weighted by Gasteiger charge is -2.12. The summed E-state index contributed by atoms with van der Waals surface area (Å²) in [4.78, 5) is 22.1. The maximum atomic E-state index is 13.0. The number of nitrogens with zero attached hydrogens (tertiary/aromatic N) is 2. The molecule has 5 nitrogen and oxygen atoms in total. The molecular weight excluding hydrogens is 434 g/mol. The average Bonchev–Trinajstić information content (AvgIpc) is 2.83. The van der Waals surface area contributed by atoms with Crippen molar-refractivity contribution in [3.05, 3.63) is 83.1 Å². The number of hydrogen-bond donors (Lipinski definition) is 1.